The van der Waals surface area contributed by atoms with Crippen LogP contribution in [-0.4, -0.2) is 54.0 Å². The zero-order chi connectivity index (χ0) is 23.8. The minimum atomic E-state index is -1.07. The van der Waals surface area contributed by atoms with Gasteiger partial charge in [-0.1, -0.05) is 17.7 Å². The first-order chi connectivity index (χ1) is 15.9. The third-order valence-electron chi connectivity index (χ3n) is 5.22. The van der Waals surface area contributed by atoms with Crippen LogP contribution >= 0.6 is 11.6 Å². The number of methoxy groups -OCH3 is 1. The molecule has 3 rings (SSSR count). The molecule has 1 saturated carbocycles. The Labute approximate surface area is 226 Å². The second-order valence-electron chi connectivity index (χ2n) is 7.42. The van der Waals surface area contributed by atoms with E-state index in [0.717, 1.165) is 0 Å². The van der Waals surface area contributed by atoms with Gasteiger partial charge in [-0.15, -0.1) is 0 Å². The van der Waals surface area contributed by atoms with E-state index in [1.807, 2.05) is 0 Å². The van der Waals surface area contributed by atoms with Crippen molar-refractivity contribution in [2.45, 2.75) is 37.6 Å². The SMILES string of the molecule is COC(=O)CCCCOC(=O)OCN(C(=O)c1cc(-c2cn[n-]c2)ccc1Cl)C1(C#N)CC1.[Y]. The third-order valence-corrected chi connectivity index (χ3v) is 5.55. The summed E-state index contributed by atoms with van der Waals surface area (Å²) in [7, 11) is 1.30. The molecule has 0 saturated heterocycles. The molecule has 12 heteroatoms. The van der Waals surface area contributed by atoms with Crippen molar-refractivity contribution in [2.24, 2.45) is 0 Å². The predicted octanol–water partition coefficient (Wildman–Crippen LogP) is 3.31. The molecule has 0 unspecified atom stereocenters. The molecule has 1 aromatic heterocycles. The van der Waals surface area contributed by atoms with E-state index in [-0.39, 0.29) is 62.3 Å². The van der Waals surface area contributed by atoms with Gasteiger partial charge in [0, 0.05) is 45.3 Å². The minimum Gasteiger partial charge on any atom is -0.581 e. The molecule has 1 aromatic carbocycles. The van der Waals surface area contributed by atoms with Crippen molar-refractivity contribution < 1.29 is 61.3 Å². The van der Waals surface area contributed by atoms with E-state index in [0.29, 0.717) is 36.8 Å². The molecule has 10 nitrogen and oxygen atoms in total. The molecule has 34 heavy (non-hydrogen) atoms. The molecule has 0 N–H and O–H groups in total. The molecular weight excluding hydrogens is 541 g/mol. The average molecular weight is 563 g/mol. The Bertz CT molecular complexity index is 1050. The molecule has 0 aliphatic heterocycles. The number of nitriles is 1. The quantitative estimate of drug-likeness (QED) is 0.243. The number of hydrogen-bond donors (Lipinski definition) is 0. The van der Waals surface area contributed by atoms with E-state index >= 15 is 0 Å². The van der Waals surface area contributed by atoms with E-state index in [2.05, 4.69) is 21.0 Å². The van der Waals surface area contributed by atoms with Crippen LogP contribution in [0.2, 0.25) is 5.02 Å². The number of amides is 1. The van der Waals surface area contributed by atoms with Gasteiger partial charge in [0.25, 0.3) is 5.91 Å². The summed E-state index contributed by atoms with van der Waals surface area (Å²) in [6, 6.07) is 7.02. The topological polar surface area (TPSA) is 133 Å². The zero-order valence-corrected chi connectivity index (χ0v) is 22.1. The van der Waals surface area contributed by atoms with Crippen molar-refractivity contribution >= 4 is 29.6 Å². The van der Waals surface area contributed by atoms with Crippen LogP contribution in [0, 0.1) is 11.3 Å². The summed E-state index contributed by atoms with van der Waals surface area (Å²) in [5.74, 6) is -0.883. The van der Waals surface area contributed by atoms with Crippen LogP contribution in [0.1, 0.15) is 42.5 Å². The van der Waals surface area contributed by atoms with Crippen molar-refractivity contribution in [3.05, 3.63) is 41.2 Å². The average Bonchev–Trinajstić information content (AvgIpc) is 3.41. The Balaban J connectivity index is 0.00000408. The fourth-order valence-corrected chi connectivity index (χ4v) is 3.31. The van der Waals surface area contributed by atoms with Crippen molar-refractivity contribution in [2.75, 3.05) is 20.4 Å². The fourth-order valence-electron chi connectivity index (χ4n) is 3.11. The number of unbranched alkanes of at least 4 members (excludes halogenated alkanes) is 1. The van der Waals surface area contributed by atoms with Crippen LogP contribution in [0.15, 0.2) is 30.6 Å². The maximum Gasteiger partial charge on any atom is 0.510 e. The third kappa shape index (κ3) is 7.01. The van der Waals surface area contributed by atoms with Gasteiger partial charge in [0.05, 0.1) is 30.4 Å². The number of ether oxygens (including phenoxy) is 3. The maximum absolute atomic E-state index is 13.3. The minimum absolute atomic E-state index is 0. The van der Waals surface area contributed by atoms with Crippen molar-refractivity contribution in [1.82, 2.24) is 15.1 Å². The molecule has 0 spiro atoms. The summed E-state index contributed by atoms with van der Waals surface area (Å²) in [5.41, 5.74) is 0.486. The Hall–Kier alpha value is -2.48. The van der Waals surface area contributed by atoms with Gasteiger partial charge in [-0.2, -0.15) is 11.5 Å². The molecular formula is C22H22ClN4O6Y-. The number of rotatable bonds is 10. The van der Waals surface area contributed by atoms with Crippen LogP contribution < -0.4 is 5.10 Å². The summed E-state index contributed by atoms with van der Waals surface area (Å²) in [6.07, 6.45) is 4.19. The second kappa shape index (κ2) is 12.8. The Morgan fingerprint density at radius 1 is 1.24 bits per heavy atom. The molecule has 1 aliphatic rings. The first kappa shape index (κ1) is 27.8. The first-order valence-corrected chi connectivity index (χ1v) is 10.6. The molecule has 0 bridgehead atoms. The van der Waals surface area contributed by atoms with Crippen molar-refractivity contribution in [3.63, 3.8) is 0 Å². The van der Waals surface area contributed by atoms with Crippen LogP contribution in [0.5, 0.6) is 0 Å². The summed E-state index contributed by atoms with van der Waals surface area (Å²) < 4.78 is 14.6. The summed E-state index contributed by atoms with van der Waals surface area (Å²) in [6.45, 7) is -0.420. The molecule has 1 radical (unpaired) electrons. The van der Waals surface area contributed by atoms with E-state index in [4.69, 9.17) is 21.1 Å². The van der Waals surface area contributed by atoms with Gasteiger partial charge >= 0.3 is 12.1 Å². The Kier molecular flexibility index (Phi) is 10.5. The summed E-state index contributed by atoms with van der Waals surface area (Å²) in [5, 5.41) is 17.4. The monoisotopic (exact) mass is 562 g/mol. The molecule has 177 valence electrons. The molecule has 1 amide bonds. The smallest absolute Gasteiger partial charge is 0.510 e. The first-order valence-electron chi connectivity index (χ1n) is 10.2. The number of esters is 1. The van der Waals surface area contributed by atoms with Crippen LogP contribution in [0.4, 0.5) is 4.79 Å². The summed E-state index contributed by atoms with van der Waals surface area (Å²) in [4.78, 5) is 37.6. The largest absolute Gasteiger partial charge is 0.581 e. The molecule has 1 fully saturated rings. The number of hydrogen-bond acceptors (Lipinski definition) is 8. The number of halogens is 1. The fraction of sp³-hybridized carbons (Fsp3) is 0.409. The summed E-state index contributed by atoms with van der Waals surface area (Å²) >= 11 is 6.28. The van der Waals surface area contributed by atoms with E-state index in [1.54, 1.807) is 30.6 Å². The molecule has 1 aliphatic carbocycles. The van der Waals surface area contributed by atoms with E-state index in [1.165, 1.54) is 12.0 Å². The number of aromatic nitrogens is 2. The number of carbonyl (C=O) groups is 3. The van der Waals surface area contributed by atoms with Crippen LogP contribution in [0.25, 0.3) is 11.1 Å². The second-order valence-corrected chi connectivity index (χ2v) is 7.83. The Morgan fingerprint density at radius 3 is 2.62 bits per heavy atom. The number of nitrogens with zero attached hydrogens (tertiary/aromatic N) is 4. The number of benzene rings is 1. The van der Waals surface area contributed by atoms with Gasteiger partial charge in [0.15, 0.2) is 6.73 Å². The van der Waals surface area contributed by atoms with Gasteiger partial charge < -0.3 is 24.4 Å². The van der Waals surface area contributed by atoms with Gasteiger partial charge in [0.2, 0.25) is 0 Å². The normalized spacial score (nSPS) is 13.1. The van der Waals surface area contributed by atoms with Crippen LogP contribution in [-0.2, 0) is 51.7 Å². The van der Waals surface area contributed by atoms with Gasteiger partial charge in [0.1, 0.15) is 5.54 Å². The van der Waals surface area contributed by atoms with Gasteiger partial charge in [-0.3, -0.25) is 14.5 Å². The van der Waals surface area contributed by atoms with Crippen molar-refractivity contribution in [1.29, 1.82) is 5.26 Å². The number of carbonyl (C=O) groups excluding carboxylic acids is 3. The predicted molar refractivity (Wildman–Crippen MR) is 115 cm³/mol. The molecule has 2 aromatic rings. The zero-order valence-electron chi connectivity index (χ0n) is 18.5. The standard InChI is InChI=1S/C22H22ClN4O6.Y/c1-31-19(28)4-2-3-9-32-21(30)33-14-27(22(13-24)7-8-22)20(29)17-10-15(5-6-18(17)23)16-11-25-26-12-16;/h5-6,10-12H,2-4,7-9,14H2,1H3;/q-1;. The van der Waals surface area contributed by atoms with Gasteiger partial charge in [-0.25, -0.2) is 4.79 Å². The van der Waals surface area contributed by atoms with Gasteiger partial charge in [-0.05, 0) is 48.9 Å². The van der Waals surface area contributed by atoms with Crippen LogP contribution in [0.3, 0.4) is 0 Å². The molecule has 1 heterocycles. The molecule has 0 atom stereocenters. The maximum atomic E-state index is 13.3. The van der Waals surface area contributed by atoms with E-state index in [9.17, 15) is 19.6 Å². The van der Waals surface area contributed by atoms with Crippen molar-refractivity contribution in [3.8, 4) is 17.2 Å². The Morgan fingerprint density at radius 2 is 2.00 bits per heavy atom. The van der Waals surface area contributed by atoms with E-state index < -0.39 is 24.3 Å².